The van der Waals surface area contributed by atoms with Crippen molar-refractivity contribution < 1.29 is 4.74 Å². The van der Waals surface area contributed by atoms with Gasteiger partial charge in [0, 0.05) is 24.4 Å². The molecule has 0 amide bonds. The van der Waals surface area contributed by atoms with Crippen LogP contribution in [0.25, 0.3) is 0 Å². The summed E-state index contributed by atoms with van der Waals surface area (Å²) in [5.41, 5.74) is 2.41. The summed E-state index contributed by atoms with van der Waals surface area (Å²) in [5.74, 6) is 0.720. The van der Waals surface area contributed by atoms with E-state index in [0.29, 0.717) is 12.6 Å². The van der Waals surface area contributed by atoms with Gasteiger partial charge in [-0.1, -0.05) is 32.0 Å². The van der Waals surface area contributed by atoms with Crippen molar-refractivity contribution in [2.45, 2.75) is 39.8 Å². The predicted molar refractivity (Wildman–Crippen MR) is 69.7 cm³/mol. The largest absolute Gasteiger partial charge is 0.382 e. The van der Waals surface area contributed by atoms with E-state index in [1.165, 1.54) is 17.7 Å². The molecular weight excluding hydrogens is 198 g/mol. The van der Waals surface area contributed by atoms with E-state index in [1.807, 2.05) is 6.07 Å². The Bertz CT molecular complexity index is 309. The highest BCUT2D eigenvalue weighted by Gasteiger charge is 2.07. The van der Waals surface area contributed by atoms with E-state index in [4.69, 9.17) is 4.74 Å². The molecule has 0 heterocycles. The number of ether oxygens (including phenoxy) is 1. The minimum atomic E-state index is 0.498. The van der Waals surface area contributed by atoms with E-state index in [2.05, 4.69) is 44.3 Å². The van der Waals surface area contributed by atoms with Crippen molar-refractivity contribution in [1.82, 2.24) is 0 Å². The number of nitrogens with one attached hydrogen (secondary N) is 1. The Kier molecular flexibility index (Phi) is 5.33. The van der Waals surface area contributed by atoms with Gasteiger partial charge in [-0.25, -0.2) is 0 Å². The van der Waals surface area contributed by atoms with Crippen molar-refractivity contribution in [2.24, 2.45) is 5.92 Å². The zero-order chi connectivity index (χ0) is 12.0. The highest BCUT2D eigenvalue weighted by Crippen LogP contribution is 2.18. The third-order valence-electron chi connectivity index (χ3n) is 2.54. The van der Waals surface area contributed by atoms with Gasteiger partial charge in [-0.05, 0) is 25.3 Å². The van der Waals surface area contributed by atoms with Crippen molar-refractivity contribution in [2.75, 3.05) is 12.4 Å². The van der Waals surface area contributed by atoms with E-state index < -0.39 is 0 Å². The fourth-order valence-electron chi connectivity index (χ4n) is 1.97. The molecule has 1 atom stereocenters. The third-order valence-corrected chi connectivity index (χ3v) is 2.54. The average molecular weight is 221 g/mol. The van der Waals surface area contributed by atoms with Crippen LogP contribution in [0, 0.1) is 5.92 Å². The first-order valence-electron chi connectivity index (χ1n) is 5.97. The van der Waals surface area contributed by atoms with E-state index >= 15 is 0 Å². The Balaban J connectivity index is 2.64. The Morgan fingerprint density at radius 2 is 1.88 bits per heavy atom. The van der Waals surface area contributed by atoms with Crippen LogP contribution in [0.15, 0.2) is 24.3 Å². The second-order valence-corrected chi connectivity index (χ2v) is 4.77. The predicted octanol–water partition coefficient (Wildman–Crippen LogP) is 3.68. The zero-order valence-corrected chi connectivity index (χ0v) is 10.8. The Labute approximate surface area is 99.0 Å². The van der Waals surface area contributed by atoms with Crippen molar-refractivity contribution in [3.05, 3.63) is 29.8 Å². The quantitative estimate of drug-likeness (QED) is 0.791. The molecule has 0 spiro atoms. The lowest BCUT2D eigenvalue weighted by molar-refractivity contribution is 0.185. The van der Waals surface area contributed by atoms with Gasteiger partial charge in [0.05, 0.1) is 6.61 Å². The molecule has 0 aromatic heterocycles. The van der Waals surface area contributed by atoms with Crippen LogP contribution in [0.5, 0.6) is 0 Å². The number of benzene rings is 1. The molecule has 1 rings (SSSR count). The van der Waals surface area contributed by atoms with Crippen LogP contribution in [0.1, 0.15) is 32.8 Å². The molecule has 1 aromatic carbocycles. The van der Waals surface area contributed by atoms with E-state index in [-0.39, 0.29) is 0 Å². The summed E-state index contributed by atoms with van der Waals surface area (Å²) in [7, 11) is 1.73. The van der Waals surface area contributed by atoms with Crippen LogP contribution in [0.2, 0.25) is 0 Å². The van der Waals surface area contributed by atoms with Crippen LogP contribution in [-0.4, -0.2) is 13.2 Å². The van der Waals surface area contributed by atoms with Crippen LogP contribution < -0.4 is 5.32 Å². The van der Waals surface area contributed by atoms with Gasteiger partial charge in [0.25, 0.3) is 0 Å². The molecule has 16 heavy (non-hydrogen) atoms. The standard InChI is InChI=1S/C14H23NO/c1-11(2)9-12(3)15-14-8-6-5-7-13(14)10-16-4/h5-8,11-12,15H,9-10H2,1-4H3. The monoisotopic (exact) mass is 221 g/mol. The molecule has 2 heteroatoms. The van der Waals surface area contributed by atoms with E-state index in [0.717, 1.165) is 5.92 Å². The maximum Gasteiger partial charge on any atom is 0.0733 e. The summed E-state index contributed by atoms with van der Waals surface area (Å²) < 4.78 is 5.19. The van der Waals surface area contributed by atoms with Crippen molar-refractivity contribution in [3.8, 4) is 0 Å². The Morgan fingerprint density at radius 3 is 2.50 bits per heavy atom. The average Bonchev–Trinajstić information content (AvgIpc) is 2.20. The molecule has 0 aliphatic rings. The molecule has 0 aliphatic heterocycles. The molecule has 1 unspecified atom stereocenters. The van der Waals surface area contributed by atoms with E-state index in [1.54, 1.807) is 7.11 Å². The molecule has 0 saturated heterocycles. The van der Waals surface area contributed by atoms with Crippen molar-refractivity contribution in [3.63, 3.8) is 0 Å². The lowest BCUT2D eigenvalue weighted by Gasteiger charge is -2.19. The summed E-state index contributed by atoms with van der Waals surface area (Å²) >= 11 is 0. The maximum absolute atomic E-state index is 5.19. The normalized spacial score (nSPS) is 12.8. The minimum Gasteiger partial charge on any atom is -0.382 e. The lowest BCUT2D eigenvalue weighted by Crippen LogP contribution is -2.18. The van der Waals surface area contributed by atoms with Gasteiger partial charge in [-0.3, -0.25) is 0 Å². The molecule has 0 fully saturated rings. The molecule has 1 aromatic rings. The molecular formula is C14H23NO. The van der Waals surface area contributed by atoms with Crippen LogP contribution in [-0.2, 0) is 11.3 Å². The SMILES string of the molecule is COCc1ccccc1NC(C)CC(C)C. The van der Waals surface area contributed by atoms with Gasteiger partial charge in [-0.2, -0.15) is 0 Å². The smallest absolute Gasteiger partial charge is 0.0733 e. The van der Waals surface area contributed by atoms with Gasteiger partial charge < -0.3 is 10.1 Å². The van der Waals surface area contributed by atoms with Gasteiger partial charge in [0.1, 0.15) is 0 Å². The molecule has 2 nitrogen and oxygen atoms in total. The molecule has 0 radical (unpaired) electrons. The number of anilines is 1. The van der Waals surface area contributed by atoms with Gasteiger partial charge in [-0.15, -0.1) is 0 Å². The number of hydrogen-bond donors (Lipinski definition) is 1. The zero-order valence-electron chi connectivity index (χ0n) is 10.8. The molecule has 1 N–H and O–H groups in total. The van der Waals surface area contributed by atoms with Crippen LogP contribution in [0.4, 0.5) is 5.69 Å². The number of methoxy groups -OCH3 is 1. The number of hydrogen-bond acceptors (Lipinski definition) is 2. The first kappa shape index (κ1) is 13.0. The molecule has 0 bridgehead atoms. The van der Waals surface area contributed by atoms with Gasteiger partial charge >= 0.3 is 0 Å². The highest BCUT2D eigenvalue weighted by molar-refractivity contribution is 5.51. The first-order chi connectivity index (χ1) is 7.63. The fourth-order valence-corrected chi connectivity index (χ4v) is 1.97. The maximum atomic E-state index is 5.19. The summed E-state index contributed by atoms with van der Waals surface area (Å²) in [6.07, 6.45) is 1.18. The van der Waals surface area contributed by atoms with E-state index in [9.17, 15) is 0 Å². The fraction of sp³-hybridized carbons (Fsp3) is 0.571. The second kappa shape index (κ2) is 6.54. The summed E-state index contributed by atoms with van der Waals surface area (Å²) in [4.78, 5) is 0. The Morgan fingerprint density at radius 1 is 1.19 bits per heavy atom. The first-order valence-corrected chi connectivity index (χ1v) is 5.97. The Hall–Kier alpha value is -1.02. The lowest BCUT2D eigenvalue weighted by atomic mass is 10.0. The van der Waals surface area contributed by atoms with Gasteiger partial charge in [0.2, 0.25) is 0 Å². The van der Waals surface area contributed by atoms with Crippen LogP contribution in [0.3, 0.4) is 0 Å². The molecule has 90 valence electrons. The summed E-state index contributed by atoms with van der Waals surface area (Å²) in [6.45, 7) is 7.39. The van der Waals surface area contributed by atoms with Crippen LogP contribution >= 0.6 is 0 Å². The topological polar surface area (TPSA) is 21.3 Å². The number of para-hydroxylation sites is 1. The second-order valence-electron chi connectivity index (χ2n) is 4.77. The summed E-state index contributed by atoms with van der Waals surface area (Å²) in [6, 6.07) is 8.83. The van der Waals surface area contributed by atoms with Gasteiger partial charge in [0.15, 0.2) is 0 Å². The summed E-state index contributed by atoms with van der Waals surface area (Å²) in [5, 5.41) is 3.55. The van der Waals surface area contributed by atoms with Crippen molar-refractivity contribution >= 4 is 5.69 Å². The molecule has 0 saturated carbocycles. The third kappa shape index (κ3) is 4.23. The number of rotatable bonds is 6. The minimum absolute atomic E-state index is 0.498. The molecule has 0 aliphatic carbocycles. The highest BCUT2D eigenvalue weighted by atomic mass is 16.5. The van der Waals surface area contributed by atoms with Crippen molar-refractivity contribution in [1.29, 1.82) is 0 Å².